The number of hydrogen-bond acceptors (Lipinski definition) is 7. The van der Waals surface area contributed by atoms with Crippen LogP contribution in [-0.2, 0) is 20.8 Å². The Morgan fingerprint density at radius 3 is 2.48 bits per heavy atom. The average Bonchev–Trinajstić information content (AvgIpc) is 2.93. The number of halogens is 2. The van der Waals surface area contributed by atoms with Crippen molar-refractivity contribution in [2.45, 2.75) is 38.8 Å². The average molecular weight is 616 g/mol. The molecule has 2 N–H and O–H groups in total. The van der Waals surface area contributed by atoms with E-state index in [1.807, 2.05) is 39.1 Å². The zero-order chi connectivity index (χ0) is 30.1. The van der Waals surface area contributed by atoms with Crippen LogP contribution < -0.4 is 10.6 Å². The van der Waals surface area contributed by atoms with Gasteiger partial charge in [-0.1, -0.05) is 47.5 Å². The molecule has 226 valence electrons. The fourth-order valence-corrected chi connectivity index (χ4v) is 5.42. The van der Waals surface area contributed by atoms with Crippen LogP contribution in [0.4, 0.5) is 10.6 Å². The molecule has 2 heterocycles. The number of anilines is 1. The van der Waals surface area contributed by atoms with Crippen molar-refractivity contribution in [1.29, 1.82) is 0 Å². The molecule has 4 rings (SSSR count). The first kappa shape index (κ1) is 32.0. The lowest BCUT2D eigenvalue weighted by Crippen LogP contribution is -2.34. The van der Waals surface area contributed by atoms with Gasteiger partial charge in [-0.25, -0.2) is 9.78 Å². The number of amides is 1. The summed E-state index contributed by atoms with van der Waals surface area (Å²) in [6, 6.07) is 16.5. The second-order valence-corrected chi connectivity index (χ2v) is 12.2. The Morgan fingerprint density at radius 2 is 1.76 bits per heavy atom. The summed E-state index contributed by atoms with van der Waals surface area (Å²) in [5, 5.41) is 7.33. The molecule has 0 unspecified atom stereocenters. The van der Waals surface area contributed by atoms with E-state index in [0.717, 1.165) is 40.6 Å². The predicted octanol–water partition coefficient (Wildman–Crippen LogP) is 6.60. The van der Waals surface area contributed by atoms with Gasteiger partial charge in [0.25, 0.3) is 0 Å². The minimum Gasteiger partial charge on any atom is -0.444 e. The first-order valence-electron chi connectivity index (χ1n) is 14.2. The summed E-state index contributed by atoms with van der Waals surface area (Å²) in [6.07, 6.45) is 1.44. The number of hydrogen-bond donors (Lipinski definition) is 2. The quantitative estimate of drug-likeness (QED) is 0.222. The molecule has 0 bridgehead atoms. The first-order chi connectivity index (χ1) is 20.1. The van der Waals surface area contributed by atoms with E-state index in [-0.39, 0.29) is 5.92 Å². The molecule has 0 saturated carbocycles. The van der Waals surface area contributed by atoms with Crippen LogP contribution in [0, 0.1) is 0 Å². The highest BCUT2D eigenvalue weighted by atomic mass is 35.5. The van der Waals surface area contributed by atoms with E-state index < -0.39 is 11.7 Å². The third-order valence-corrected chi connectivity index (χ3v) is 7.27. The van der Waals surface area contributed by atoms with Crippen LogP contribution in [0.3, 0.4) is 0 Å². The van der Waals surface area contributed by atoms with Crippen molar-refractivity contribution in [2.24, 2.45) is 0 Å². The molecule has 1 aromatic heterocycles. The van der Waals surface area contributed by atoms with Crippen LogP contribution >= 0.6 is 23.2 Å². The van der Waals surface area contributed by atoms with E-state index in [1.165, 1.54) is 11.1 Å². The summed E-state index contributed by atoms with van der Waals surface area (Å²) >= 11 is 12.9. The fourth-order valence-electron chi connectivity index (χ4n) is 4.85. The number of benzene rings is 2. The standard InChI is InChI=1S/C32H40Cl2N4O4/c1-32(2,3)42-31(39)36-11-13-41-15-14-40-12-10-35-30-9-8-24(19-37-30)22-6-5-7-23(16-22)27-20-38(4)21-28-26(27)17-25(33)18-29(28)34/h5-9,16-19,27H,10-15,20-21H2,1-4H3,(H,35,37)(H,36,39)/t27-/m0/s1. The van der Waals surface area contributed by atoms with E-state index in [4.69, 9.17) is 37.4 Å². The maximum absolute atomic E-state index is 11.6. The minimum absolute atomic E-state index is 0.183. The first-order valence-corrected chi connectivity index (χ1v) is 14.9. The van der Waals surface area contributed by atoms with E-state index in [2.05, 4.69) is 64.0 Å². The predicted molar refractivity (Wildman–Crippen MR) is 169 cm³/mol. The van der Waals surface area contributed by atoms with E-state index in [0.29, 0.717) is 44.5 Å². The van der Waals surface area contributed by atoms with Crippen LogP contribution in [-0.4, -0.2) is 74.7 Å². The topological polar surface area (TPSA) is 85.0 Å². The van der Waals surface area contributed by atoms with Crippen molar-refractivity contribution >= 4 is 35.1 Å². The normalized spacial score (nSPS) is 15.2. The van der Waals surface area contributed by atoms with E-state index in [9.17, 15) is 4.79 Å². The zero-order valence-corrected chi connectivity index (χ0v) is 26.2. The third kappa shape index (κ3) is 9.57. The molecule has 0 saturated heterocycles. The molecule has 0 aliphatic carbocycles. The zero-order valence-electron chi connectivity index (χ0n) is 24.7. The SMILES string of the molecule is CN1Cc2c(Cl)cc(Cl)cc2[C@H](c2cccc(-c3ccc(NCCOCCOCCNC(=O)OC(C)(C)C)nc3)c2)C1. The number of alkyl carbamates (subject to hydrolysis) is 1. The lowest BCUT2D eigenvalue weighted by Gasteiger charge is -2.33. The summed E-state index contributed by atoms with van der Waals surface area (Å²) < 4.78 is 16.3. The maximum Gasteiger partial charge on any atom is 0.407 e. The summed E-state index contributed by atoms with van der Waals surface area (Å²) in [5.74, 6) is 0.971. The number of fused-ring (bicyclic) bond motifs is 1. The van der Waals surface area contributed by atoms with E-state index >= 15 is 0 Å². The van der Waals surface area contributed by atoms with Gasteiger partial charge in [0, 0.05) is 53.9 Å². The molecule has 1 aliphatic rings. The van der Waals surface area contributed by atoms with Gasteiger partial charge >= 0.3 is 6.09 Å². The van der Waals surface area contributed by atoms with Crippen LogP contribution in [0.2, 0.25) is 10.0 Å². The van der Waals surface area contributed by atoms with Crippen molar-refractivity contribution in [2.75, 3.05) is 58.4 Å². The van der Waals surface area contributed by atoms with Gasteiger partial charge in [0.05, 0.1) is 26.4 Å². The summed E-state index contributed by atoms with van der Waals surface area (Å²) in [4.78, 5) is 18.5. The van der Waals surface area contributed by atoms with Crippen molar-refractivity contribution in [3.05, 3.63) is 81.5 Å². The number of aromatic nitrogens is 1. The van der Waals surface area contributed by atoms with Crippen LogP contribution in [0.25, 0.3) is 11.1 Å². The van der Waals surface area contributed by atoms with Gasteiger partial charge in [-0.3, -0.25) is 0 Å². The Morgan fingerprint density at radius 1 is 1.00 bits per heavy atom. The molecular formula is C32H40Cl2N4O4. The molecular weight excluding hydrogens is 575 g/mol. The van der Waals surface area contributed by atoms with Crippen LogP contribution in [0.5, 0.6) is 0 Å². The van der Waals surface area contributed by atoms with Gasteiger partial charge in [-0.05, 0) is 74.3 Å². The lowest BCUT2D eigenvalue weighted by molar-refractivity contribution is 0.0415. The van der Waals surface area contributed by atoms with Gasteiger partial charge in [0.15, 0.2) is 0 Å². The minimum atomic E-state index is -0.512. The van der Waals surface area contributed by atoms with Gasteiger partial charge in [-0.2, -0.15) is 0 Å². The molecule has 1 atom stereocenters. The summed E-state index contributed by atoms with van der Waals surface area (Å²) in [7, 11) is 2.12. The third-order valence-electron chi connectivity index (χ3n) is 6.72. The Kier molecular flexibility index (Phi) is 11.5. The maximum atomic E-state index is 11.6. The molecule has 10 heteroatoms. The Hall–Kier alpha value is -2.88. The number of rotatable bonds is 12. The van der Waals surface area contributed by atoms with Gasteiger partial charge in [0.1, 0.15) is 11.4 Å². The molecule has 3 aromatic rings. The highest BCUT2D eigenvalue weighted by Crippen LogP contribution is 2.39. The number of pyridine rings is 1. The van der Waals surface area contributed by atoms with Crippen molar-refractivity contribution < 1.29 is 19.0 Å². The second-order valence-electron chi connectivity index (χ2n) is 11.3. The number of nitrogens with zero attached hydrogens (tertiary/aromatic N) is 2. The summed E-state index contributed by atoms with van der Waals surface area (Å²) in [6.45, 7) is 10.0. The van der Waals surface area contributed by atoms with Crippen LogP contribution in [0.1, 0.15) is 43.4 Å². The molecule has 0 fully saturated rings. The number of likely N-dealkylation sites (N-methyl/N-ethyl adjacent to an activating group) is 1. The molecule has 2 aromatic carbocycles. The smallest absolute Gasteiger partial charge is 0.407 e. The largest absolute Gasteiger partial charge is 0.444 e. The van der Waals surface area contributed by atoms with Crippen molar-refractivity contribution in [1.82, 2.24) is 15.2 Å². The number of nitrogens with one attached hydrogen (secondary N) is 2. The van der Waals surface area contributed by atoms with Crippen molar-refractivity contribution in [3.8, 4) is 11.1 Å². The Balaban J connectivity index is 1.20. The molecule has 0 spiro atoms. The fraction of sp³-hybridized carbons (Fsp3) is 0.438. The van der Waals surface area contributed by atoms with Crippen molar-refractivity contribution in [3.63, 3.8) is 0 Å². The molecule has 0 radical (unpaired) electrons. The molecule has 1 amide bonds. The second kappa shape index (κ2) is 15.0. The highest BCUT2D eigenvalue weighted by molar-refractivity contribution is 6.35. The molecule has 8 nitrogen and oxygen atoms in total. The van der Waals surface area contributed by atoms with Gasteiger partial charge in [0.2, 0.25) is 0 Å². The number of ether oxygens (including phenoxy) is 3. The highest BCUT2D eigenvalue weighted by Gasteiger charge is 2.27. The van der Waals surface area contributed by atoms with Gasteiger partial charge in [-0.15, -0.1) is 0 Å². The van der Waals surface area contributed by atoms with Gasteiger partial charge < -0.3 is 29.7 Å². The summed E-state index contributed by atoms with van der Waals surface area (Å²) in [5.41, 5.74) is 5.21. The Labute approximate surface area is 258 Å². The Bertz CT molecular complexity index is 1330. The number of carbonyl (C=O) groups is 1. The van der Waals surface area contributed by atoms with Crippen LogP contribution in [0.15, 0.2) is 54.7 Å². The van der Waals surface area contributed by atoms with E-state index in [1.54, 1.807) is 0 Å². The molecule has 42 heavy (non-hydrogen) atoms. The monoisotopic (exact) mass is 614 g/mol. The number of carbonyl (C=O) groups excluding carboxylic acids is 1. The molecule has 1 aliphatic heterocycles. The lowest BCUT2D eigenvalue weighted by atomic mass is 9.84.